The second-order valence-corrected chi connectivity index (χ2v) is 5.30. The maximum atomic E-state index is 11.5. The molecule has 0 aromatic heterocycles. The van der Waals surface area contributed by atoms with Gasteiger partial charge in [-0.2, -0.15) is 0 Å². The fourth-order valence-corrected chi connectivity index (χ4v) is 2.72. The van der Waals surface area contributed by atoms with Crippen molar-refractivity contribution in [2.45, 2.75) is 19.4 Å². The van der Waals surface area contributed by atoms with Crippen molar-refractivity contribution in [1.29, 1.82) is 0 Å². The Kier molecular flexibility index (Phi) is 5.95. The summed E-state index contributed by atoms with van der Waals surface area (Å²) in [7, 11) is 2.97. The van der Waals surface area contributed by atoms with Crippen molar-refractivity contribution in [3.05, 3.63) is 21.1 Å². The van der Waals surface area contributed by atoms with Crippen LogP contribution in [0.1, 0.15) is 13.3 Å². The van der Waals surface area contributed by atoms with Crippen molar-refractivity contribution >= 4 is 43.5 Å². The molecule has 0 aliphatic rings. The summed E-state index contributed by atoms with van der Waals surface area (Å²) >= 11 is 6.83. The van der Waals surface area contributed by atoms with E-state index in [1.807, 2.05) is 19.1 Å². The molecular weight excluding hydrogens is 366 g/mol. The van der Waals surface area contributed by atoms with Gasteiger partial charge in [-0.05, 0) is 44.3 Å². The molecule has 0 saturated carbocycles. The van der Waals surface area contributed by atoms with Crippen molar-refractivity contribution in [1.82, 2.24) is 0 Å². The van der Waals surface area contributed by atoms with Crippen LogP contribution in [0.2, 0.25) is 0 Å². The number of nitrogens with one attached hydrogen (secondary N) is 1. The zero-order valence-electron chi connectivity index (χ0n) is 10.4. The van der Waals surface area contributed by atoms with Gasteiger partial charge in [-0.1, -0.05) is 6.92 Å². The predicted octanol–water partition coefficient (Wildman–Crippen LogP) is 3.58. The highest BCUT2D eigenvalue weighted by Crippen LogP contribution is 2.35. The molecule has 1 N–H and O–H groups in total. The molecule has 1 unspecified atom stereocenters. The van der Waals surface area contributed by atoms with E-state index in [0.29, 0.717) is 12.2 Å². The average molecular weight is 381 g/mol. The maximum absolute atomic E-state index is 11.5. The van der Waals surface area contributed by atoms with Crippen LogP contribution in [0.15, 0.2) is 21.1 Å². The monoisotopic (exact) mass is 379 g/mol. The molecule has 100 valence electrons. The minimum Gasteiger partial charge on any atom is -0.495 e. The largest absolute Gasteiger partial charge is 0.495 e. The van der Waals surface area contributed by atoms with Crippen LogP contribution in [-0.4, -0.2) is 26.2 Å². The lowest BCUT2D eigenvalue weighted by Crippen LogP contribution is -2.29. The smallest absolute Gasteiger partial charge is 0.328 e. The number of rotatable bonds is 5. The fourth-order valence-electron chi connectivity index (χ4n) is 1.45. The summed E-state index contributed by atoms with van der Waals surface area (Å²) in [6, 6.07) is 3.31. The average Bonchev–Trinajstić information content (AvgIpc) is 2.37. The maximum Gasteiger partial charge on any atom is 0.328 e. The van der Waals surface area contributed by atoms with Crippen LogP contribution in [0, 0.1) is 0 Å². The van der Waals surface area contributed by atoms with Crippen molar-refractivity contribution < 1.29 is 14.3 Å². The van der Waals surface area contributed by atoms with Crippen LogP contribution in [0.25, 0.3) is 0 Å². The Morgan fingerprint density at radius 1 is 1.33 bits per heavy atom. The topological polar surface area (TPSA) is 47.6 Å². The third kappa shape index (κ3) is 3.62. The summed E-state index contributed by atoms with van der Waals surface area (Å²) in [5, 5.41) is 3.13. The van der Waals surface area contributed by atoms with Crippen molar-refractivity contribution in [3.8, 4) is 5.75 Å². The Morgan fingerprint density at radius 3 is 2.50 bits per heavy atom. The van der Waals surface area contributed by atoms with Gasteiger partial charge >= 0.3 is 5.97 Å². The van der Waals surface area contributed by atoms with E-state index in [9.17, 15) is 4.79 Å². The molecule has 6 heteroatoms. The van der Waals surface area contributed by atoms with E-state index in [1.54, 1.807) is 7.11 Å². The van der Waals surface area contributed by atoms with Gasteiger partial charge in [0, 0.05) is 10.5 Å². The summed E-state index contributed by atoms with van der Waals surface area (Å²) < 4.78 is 11.6. The number of benzene rings is 1. The van der Waals surface area contributed by atoms with E-state index in [-0.39, 0.29) is 12.0 Å². The number of esters is 1. The molecule has 18 heavy (non-hydrogen) atoms. The Bertz CT molecular complexity index is 438. The number of carbonyl (C=O) groups excluding carboxylic acids is 1. The fraction of sp³-hybridized carbons (Fsp3) is 0.417. The highest BCUT2D eigenvalue weighted by molar-refractivity contribution is 9.11. The minimum atomic E-state index is -0.378. The Hall–Kier alpha value is -0.750. The lowest BCUT2D eigenvalue weighted by atomic mass is 10.2. The first-order valence-electron chi connectivity index (χ1n) is 5.40. The molecule has 1 aromatic rings. The van der Waals surface area contributed by atoms with Crippen LogP contribution >= 0.6 is 31.9 Å². The number of hydrogen-bond acceptors (Lipinski definition) is 4. The molecule has 0 aliphatic carbocycles. The van der Waals surface area contributed by atoms with Crippen molar-refractivity contribution in [2.75, 3.05) is 19.5 Å². The Balaban J connectivity index is 2.99. The van der Waals surface area contributed by atoms with E-state index < -0.39 is 0 Å². The van der Waals surface area contributed by atoms with E-state index in [4.69, 9.17) is 9.47 Å². The molecule has 1 atom stereocenters. The molecule has 4 nitrogen and oxygen atoms in total. The van der Waals surface area contributed by atoms with Gasteiger partial charge in [0.1, 0.15) is 11.8 Å². The quantitative estimate of drug-likeness (QED) is 0.793. The van der Waals surface area contributed by atoms with Crippen molar-refractivity contribution in [2.24, 2.45) is 0 Å². The molecule has 1 aromatic carbocycles. The van der Waals surface area contributed by atoms with Crippen molar-refractivity contribution in [3.63, 3.8) is 0 Å². The van der Waals surface area contributed by atoms with Gasteiger partial charge in [0.15, 0.2) is 0 Å². The molecule has 0 heterocycles. The van der Waals surface area contributed by atoms with Crippen LogP contribution in [0.3, 0.4) is 0 Å². The molecule has 0 saturated heterocycles. The van der Waals surface area contributed by atoms with Gasteiger partial charge in [0.05, 0.1) is 24.4 Å². The predicted molar refractivity (Wildman–Crippen MR) is 78.1 cm³/mol. The lowest BCUT2D eigenvalue weighted by molar-refractivity contribution is -0.141. The number of hydrogen-bond donors (Lipinski definition) is 1. The second kappa shape index (κ2) is 6.99. The first-order valence-corrected chi connectivity index (χ1v) is 6.99. The van der Waals surface area contributed by atoms with Crippen LogP contribution < -0.4 is 10.1 Å². The first kappa shape index (κ1) is 15.3. The summed E-state index contributed by atoms with van der Waals surface area (Å²) in [5.41, 5.74) is 0.785. The molecule has 0 aliphatic heterocycles. The van der Waals surface area contributed by atoms with E-state index in [0.717, 1.165) is 14.6 Å². The van der Waals surface area contributed by atoms with Crippen LogP contribution in [0.4, 0.5) is 5.69 Å². The minimum absolute atomic E-state index is 0.286. The summed E-state index contributed by atoms with van der Waals surface area (Å²) in [6.07, 6.45) is 0.636. The number of anilines is 1. The van der Waals surface area contributed by atoms with Gasteiger partial charge in [0.25, 0.3) is 0 Å². The molecule has 0 fully saturated rings. The summed E-state index contributed by atoms with van der Waals surface area (Å²) in [4.78, 5) is 11.5. The number of ether oxygens (including phenoxy) is 2. The van der Waals surface area contributed by atoms with Gasteiger partial charge in [-0.3, -0.25) is 0 Å². The van der Waals surface area contributed by atoms with Gasteiger partial charge in [-0.15, -0.1) is 0 Å². The van der Waals surface area contributed by atoms with Crippen LogP contribution in [-0.2, 0) is 9.53 Å². The molecular formula is C12H15Br2NO3. The standard InChI is InChI=1S/C12H15Br2NO3/c1-4-9(12(16)18-3)15-10-6-11(17-2)8(14)5-7(10)13/h5-6,9,15H,4H2,1-3H3. The molecule has 1 rings (SSSR count). The number of halogens is 2. The van der Waals surface area contributed by atoms with E-state index in [2.05, 4.69) is 37.2 Å². The first-order chi connectivity index (χ1) is 8.53. The second-order valence-electron chi connectivity index (χ2n) is 3.59. The zero-order chi connectivity index (χ0) is 13.7. The SMILES string of the molecule is CCC(Nc1cc(OC)c(Br)cc1Br)C(=O)OC. The normalized spacial score (nSPS) is 11.8. The third-order valence-electron chi connectivity index (χ3n) is 2.47. The summed E-state index contributed by atoms with van der Waals surface area (Å²) in [5.74, 6) is 0.409. The van der Waals surface area contributed by atoms with E-state index >= 15 is 0 Å². The van der Waals surface area contributed by atoms with Gasteiger partial charge in [-0.25, -0.2) is 4.79 Å². The van der Waals surface area contributed by atoms with Gasteiger partial charge < -0.3 is 14.8 Å². The van der Waals surface area contributed by atoms with Crippen LogP contribution in [0.5, 0.6) is 5.75 Å². The zero-order valence-corrected chi connectivity index (χ0v) is 13.6. The highest BCUT2D eigenvalue weighted by atomic mass is 79.9. The Labute approximate surface area is 123 Å². The van der Waals surface area contributed by atoms with E-state index in [1.165, 1.54) is 7.11 Å². The molecule has 0 spiro atoms. The molecule has 0 radical (unpaired) electrons. The number of methoxy groups -OCH3 is 2. The molecule has 0 amide bonds. The molecule has 0 bridgehead atoms. The Morgan fingerprint density at radius 2 is 2.00 bits per heavy atom. The number of carbonyl (C=O) groups is 1. The third-order valence-corrected chi connectivity index (χ3v) is 3.74. The highest BCUT2D eigenvalue weighted by Gasteiger charge is 2.18. The summed E-state index contributed by atoms with van der Waals surface area (Å²) in [6.45, 7) is 1.92. The lowest BCUT2D eigenvalue weighted by Gasteiger charge is -2.18. The van der Waals surface area contributed by atoms with Gasteiger partial charge in [0.2, 0.25) is 0 Å².